The minimum absolute atomic E-state index is 0.00205. The van der Waals surface area contributed by atoms with E-state index in [1.165, 1.54) is 12.1 Å². The summed E-state index contributed by atoms with van der Waals surface area (Å²) in [7, 11) is 1.80. The number of para-hydroxylation sites is 1. The van der Waals surface area contributed by atoms with E-state index >= 15 is 0 Å². The predicted molar refractivity (Wildman–Crippen MR) is 103 cm³/mol. The van der Waals surface area contributed by atoms with Crippen molar-refractivity contribution >= 4 is 23.2 Å². The number of hydrogen-bond acceptors (Lipinski definition) is 1. The SMILES string of the molecule is Cc1cc(/C=C2/C(=O)N(C)c3ccccc32)c(C)n1-c1ccc(F)cc1. The maximum atomic E-state index is 13.2. The molecule has 0 aliphatic carbocycles. The van der Waals surface area contributed by atoms with Crippen LogP contribution in [0.1, 0.15) is 22.5 Å². The Labute approximate surface area is 152 Å². The van der Waals surface area contributed by atoms with Gasteiger partial charge in [-0.1, -0.05) is 18.2 Å². The molecular weight excluding hydrogens is 327 g/mol. The van der Waals surface area contributed by atoms with E-state index < -0.39 is 0 Å². The Bertz CT molecular complexity index is 1040. The molecule has 130 valence electrons. The number of nitrogens with zero attached hydrogens (tertiary/aromatic N) is 2. The molecule has 0 bridgehead atoms. The van der Waals surface area contributed by atoms with Gasteiger partial charge in [-0.2, -0.15) is 0 Å². The summed E-state index contributed by atoms with van der Waals surface area (Å²) in [6.07, 6.45) is 1.95. The molecule has 2 aromatic carbocycles. The maximum absolute atomic E-state index is 13.2. The van der Waals surface area contributed by atoms with Gasteiger partial charge in [-0.25, -0.2) is 4.39 Å². The molecule has 1 aromatic heterocycles. The van der Waals surface area contributed by atoms with E-state index in [0.29, 0.717) is 5.57 Å². The fraction of sp³-hybridized carbons (Fsp3) is 0.136. The first-order valence-corrected chi connectivity index (χ1v) is 8.51. The lowest BCUT2D eigenvalue weighted by Gasteiger charge is -2.09. The van der Waals surface area contributed by atoms with E-state index in [9.17, 15) is 9.18 Å². The Morgan fingerprint density at radius 2 is 1.69 bits per heavy atom. The van der Waals surface area contributed by atoms with Gasteiger partial charge in [-0.05, 0) is 61.9 Å². The number of fused-ring (bicyclic) bond motifs is 1. The van der Waals surface area contributed by atoms with Gasteiger partial charge in [0.2, 0.25) is 0 Å². The van der Waals surface area contributed by atoms with Crippen LogP contribution in [-0.4, -0.2) is 17.5 Å². The number of rotatable bonds is 2. The quantitative estimate of drug-likeness (QED) is 0.615. The first-order valence-electron chi connectivity index (χ1n) is 8.51. The molecule has 4 rings (SSSR count). The predicted octanol–water partition coefficient (Wildman–Crippen LogP) is 4.75. The third kappa shape index (κ3) is 2.46. The zero-order valence-corrected chi connectivity index (χ0v) is 15.0. The minimum atomic E-state index is -0.255. The van der Waals surface area contributed by atoms with Crippen molar-refractivity contribution in [1.82, 2.24) is 4.57 Å². The molecule has 26 heavy (non-hydrogen) atoms. The molecule has 0 N–H and O–H groups in total. The highest BCUT2D eigenvalue weighted by Crippen LogP contribution is 2.37. The zero-order valence-electron chi connectivity index (χ0n) is 15.0. The number of carbonyl (C=O) groups excluding carboxylic acids is 1. The summed E-state index contributed by atoms with van der Waals surface area (Å²) in [6, 6.07) is 16.3. The molecule has 2 heterocycles. The summed E-state index contributed by atoms with van der Waals surface area (Å²) in [6.45, 7) is 4.02. The number of anilines is 1. The number of amides is 1. The number of carbonyl (C=O) groups is 1. The van der Waals surface area contributed by atoms with E-state index in [-0.39, 0.29) is 11.7 Å². The largest absolute Gasteiger partial charge is 0.318 e. The fourth-order valence-electron chi connectivity index (χ4n) is 3.62. The molecule has 0 unspecified atom stereocenters. The highest BCUT2D eigenvalue weighted by Gasteiger charge is 2.29. The van der Waals surface area contributed by atoms with Crippen LogP contribution in [0.4, 0.5) is 10.1 Å². The topological polar surface area (TPSA) is 25.2 Å². The molecule has 0 saturated heterocycles. The molecule has 1 aliphatic rings. The molecule has 0 saturated carbocycles. The average molecular weight is 346 g/mol. The van der Waals surface area contributed by atoms with Gasteiger partial charge < -0.3 is 9.47 Å². The van der Waals surface area contributed by atoms with Crippen LogP contribution in [-0.2, 0) is 4.79 Å². The summed E-state index contributed by atoms with van der Waals surface area (Å²) < 4.78 is 15.3. The van der Waals surface area contributed by atoms with Crippen molar-refractivity contribution in [1.29, 1.82) is 0 Å². The second-order valence-corrected chi connectivity index (χ2v) is 6.58. The lowest BCUT2D eigenvalue weighted by atomic mass is 10.0. The van der Waals surface area contributed by atoms with Crippen LogP contribution in [0.2, 0.25) is 0 Å². The van der Waals surface area contributed by atoms with Gasteiger partial charge in [-0.15, -0.1) is 0 Å². The van der Waals surface area contributed by atoms with Crippen LogP contribution in [0.5, 0.6) is 0 Å². The summed E-state index contributed by atoms with van der Waals surface area (Å²) in [5.41, 5.74) is 6.52. The van der Waals surface area contributed by atoms with Crippen molar-refractivity contribution in [2.24, 2.45) is 0 Å². The molecule has 3 aromatic rings. The molecule has 1 amide bonds. The van der Waals surface area contributed by atoms with E-state index in [2.05, 4.69) is 10.6 Å². The first-order chi connectivity index (χ1) is 12.5. The van der Waals surface area contributed by atoms with Crippen LogP contribution < -0.4 is 4.90 Å². The van der Waals surface area contributed by atoms with Gasteiger partial charge in [-0.3, -0.25) is 4.79 Å². The van der Waals surface area contributed by atoms with Crippen molar-refractivity contribution in [2.45, 2.75) is 13.8 Å². The van der Waals surface area contributed by atoms with E-state index in [4.69, 9.17) is 0 Å². The molecule has 0 radical (unpaired) electrons. The number of aromatic nitrogens is 1. The second kappa shape index (κ2) is 5.99. The Morgan fingerprint density at radius 3 is 2.42 bits per heavy atom. The van der Waals surface area contributed by atoms with Gasteiger partial charge in [0, 0.05) is 35.3 Å². The smallest absolute Gasteiger partial charge is 0.258 e. The molecule has 0 fully saturated rings. The number of aryl methyl sites for hydroxylation is 1. The zero-order chi connectivity index (χ0) is 18.4. The standard InChI is InChI=1S/C22H19FN2O/c1-14-12-16(15(2)25(14)18-10-8-17(23)9-11-18)13-20-19-6-4-5-7-21(19)24(3)22(20)26/h4-13H,1-3H3/b20-13+. The van der Waals surface area contributed by atoms with Gasteiger partial charge in [0.15, 0.2) is 0 Å². The third-order valence-electron chi connectivity index (χ3n) is 4.95. The number of halogens is 1. The highest BCUT2D eigenvalue weighted by atomic mass is 19.1. The van der Waals surface area contributed by atoms with Crippen molar-refractivity contribution in [3.63, 3.8) is 0 Å². The first kappa shape index (κ1) is 16.3. The van der Waals surface area contributed by atoms with E-state index in [0.717, 1.165) is 33.9 Å². The van der Waals surface area contributed by atoms with Crippen molar-refractivity contribution < 1.29 is 9.18 Å². The van der Waals surface area contributed by atoms with Crippen LogP contribution in [0, 0.1) is 19.7 Å². The summed E-state index contributed by atoms with van der Waals surface area (Å²) >= 11 is 0. The van der Waals surface area contributed by atoms with Crippen molar-refractivity contribution in [2.75, 3.05) is 11.9 Å². The number of benzene rings is 2. The third-order valence-corrected chi connectivity index (χ3v) is 4.95. The summed E-state index contributed by atoms with van der Waals surface area (Å²) in [5.74, 6) is -0.257. The molecule has 0 atom stereocenters. The van der Waals surface area contributed by atoms with Crippen molar-refractivity contribution in [3.8, 4) is 5.69 Å². The van der Waals surface area contributed by atoms with Gasteiger partial charge in [0.05, 0.1) is 5.69 Å². The van der Waals surface area contributed by atoms with E-state index in [1.54, 1.807) is 24.1 Å². The van der Waals surface area contributed by atoms with Crippen molar-refractivity contribution in [3.05, 3.63) is 82.9 Å². The highest BCUT2D eigenvalue weighted by molar-refractivity contribution is 6.35. The van der Waals surface area contributed by atoms with Crippen LogP contribution in [0.25, 0.3) is 17.3 Å². The van der Waals surface area contributed by atoms with Gasteiger partial charge in [0.25, 0.3) is 5.91 Å². The molecule has 1 aliphatic heterocycles. The van der Waals surface area contributed by atoms with Crippen LogP contribution >= 0.6 is 0 Å². The van der Waals surface area contributed by atoms with Crippen LogP contribution in [0.3, 0.4) is 0 Å². The monoisotopic (exact) mass is 346 g/mol. The lowest BCUT2D eigenvalue weighted by Crippen LogP contribution is -2.20. The lowest BCUT2D eigenvalue weighted by molar-refractivity contribution is -0.112. The molecule has 3 nitrogen and oxygen atoms in total. The number of likely N-dealkylation sites (N-methyl/N-ethyl adjacent to an activating group) is 1. The Balaban J connectivity index is 1.83. The molecular formula is C22H19FN2O. The molecule has 0 spiro atoms. The average Bonchev–Trinajstić information content (AvgIpc) is 3.05. The normalized spacial score (nSPS) is 15.0. The Morgan fingerprint density at radius 1 is 1.00 bits per heavy atom. The molecule has 4 heteroatoms. The van der Waals surface area contributed by atoms with Gasteiger partial charge >= 0.3 is 0 Å². The fourth-order valence-corrected chi connectivity index (χ4v) is 3.62. The Kier molecular flexibility index (Phi) is 3.76. The van der Waals surface area contributed by atoms with E-state index in [1.807, 2.05) is 44.2 Å². The summed E-state index contributed by atoms with van der Waals surface area (Å²) in [4.78, 5) is 14.4. The van der Waals surface area contributed by atoms with Crippen LogP contribution in [0.15, 0.2) is 54.6 Å². The summed E-state index contributed by atoms with van der Waals surface area (Å²) in [5, 5.41) is 0. The maximum Gasteiger partial charge on any atom is 0.258 e. The minimum Gasteiger partial charge on any atom is -0.318 e. The number of hydrogen-bond donors (Lipinski definition) is 0. The Hall–Kier alpha value is -3.14. The van der Waals surface area contributed by atoms with Gasteiger partial charge in [0.1, 0.15) is 5.82 Å². The second-order valence-electron chi connectivity index (χ2n) is 6.58.